The molecule has 0 aliphatic carbocycles. The van der Waals surface area contributed by atoms with E-state index in [4.69, 9.17) is 9.84 Å². The molecule has 0 fully saturated rings. The minimum absolute atomic E-state index is 0.0314. The maximum Gasteiger partial charge on any atom is 0.0849 e. The van der Waals surface area contributed by atoms with E-state index in [9.17, 15) is 0 Å². The molecule has 0 aliphatic rings. The van der Waals surface area contributed by atoms with E-state index in [1.54, 1.807) is 7.11 Å². The van der Waals surface area contributed by atoms with Crippen LogP contribution in [0.15, 0.2) is 42.5 Å². The number of hydrogen-bond donors (Lipinski definition) is 1. The molecular weight excluding hydrogens is 200 g/mol. The van der Waals surface area contributed by atoms with Gasteiger partial charge in [-0.05, 0) is 16.3 Å². The number of fused-ring (bicyclic) bond motifs is 1. The van der Waals surface area contributed by atoms with Crippen molar-refractivity contribution < 1.29 is 9.84 Å². The molecule has 1 atom stereocenters. The largest absolute Gasteiger partial charge is 0.396 e. The number of hydrogen-bond acceptors (Lipinski definition) is 2. The van der Waals surface area contributed by atoms with Crippen molar-refractivity contribution in [1.82, 2.24) is 0 Å². The Labute approximate surface area is 95.5 Å². The Hall–Kier alpha value is -1.38. The molecule has 0 saturated carbocycles. The number of methoxy groups -OCH3 is 1. The molecule has 2 heteroatoms. The van der Waals surface area contributed by atoms with Crippen LogP contribution in [-0.4, -0.2) is 18.8 Å². The first-order valence-corrected chi connectivity index (χ1v) is 5.48. The highest BCUT2D eigenvalue weighted by Gasteiger charge is 2.12. The van der Waals surface area contributed by atoms with Crippen LogP contribution in [-0.2, 0) is 4.74 Å². The quantitative estimate of drug-likeness (QED) is 0.851. The molecule has 1 N–H and O–H groups in total. The summed E-state index contributed by atoms with van der Waals surface area (Å²) in [7, 11) is 1.68. The average molecular weight is 216 g/mol. The van der Waals surface area contributed by atoms with E-state index < -0.39 is 0 Å². The zero-order valence-electron chi connectivity index (χ0n) is 9.39. The monoisotopic (exact) mass is 216 g/mol. The lowest BCUT2D eigenvalue weighted by atomic mass is 9.99. The van der Waals surface area contributed by atoms with Gasteiger partial charge in [-0.3, -0.25) is 0 Å². The molecular formula is C14H16O2. The Balaban J connectivity index is 2.50. The molecule has 0 radical (unpaired) electrons. The summed E-state index contributed by atoms with van der Waals surface area (Å²) in [6.45, 7) is 0.141. The standard InChI is InChI=1S/C14H16O2/c1-16-14(9-10-15)13-8-4-6-11-5-2-3-7-12(11)13/h2-8,14-15H,9-10H2,1H3. The SMILES string of the molecule is COC(CCO)c1cccc2ccccc12. The number of aliphatic hydroxyl groups excluding tert-OH is 1. The first kappa shape index (κ1) is 11.1. The fraction of sp³-hybridized carbons (Fsp3) is 0.286. The topological polar surface area (TPSA) is 29.5 Å². The summed E-state index contributed by atoms with van der Waals surface area (Å²) in [4.78, 5) is 0. The predicted octanol–water partition coefficient (Wildman–Crippen LogP) is 2.91. The van der Waals surface area contributed by atoms with Crippen molar-refractivity contribution in [3.8, 4) is 0 Å². The Morgan fingerprint density at radius 3 is 2.62 bits per heavy atom. The van der Waals surface area contributed by atoms with Gasteiger partial charge < -0.3 is 9.84 Å². The van der Waals surface area contributed by atoms with Crippen LogP contribution in [0.1, 0.15) is 18.1 Å². The van der Waals surface area contributed by atoms with Crippen molar-refractivity contribution in [2.24, 2.45) is 0 Å². The second-order valence-corrected chi connectivity index (χ2v) is 3.81. The van der Waals surface area contributed by atoms with Gasteiger partial charge in [0.2, 0.25) is 0 Å². The molecule has 0 amide bonds. The van der Waals surface area contributed by atoms with Crippen molar-refractivity contribution in [3.05, 3.63) is 48.0 Å². The maximum absolute atomic E-state index is 9.02. The third kappa shape index (κ3) is 2.08. The maximum atomic E-state index is 9.02. The molecule has 2 aromatic rings. The number of aliphatic hydroxyl groups is 1. The lowest BCUT2D eigenvalue weighted by Gasteiger charge is -2.16. The van der Waals surface area contributed by atoms with Crippen molar-refractivity contribution in [2.75, 3.05) is 13.7 Å². The van der Waals surface area contributed by atoms with Gasteiger partial charge in [-0.25, -0.2) is 0 Å². The highest BCUT2D eigenvalue weighted by Crippen LogP contribution is 2.27. The second-order valence-electron chi connectivity index (χ2n) is 3.81. The molecule has 2 aromatic carbocycles. The lowest BCUT2D eigenvalue weighted by Crippen LogP contribution is -2.04. The first-order chi connectivity index (χ1) is 7.86. The van der Waals surface area contributed by atoms with E-state index in [0.29, 0.717) is 6.42 Å². The summed E-state index contributed by atoms with van der Waals surface area (Å²) < 4.78 is 5.42. The molecule has 0 saturated heterocycles. The van der Waals surface area contributed by atoms with Crippen LogP contribution in [0.4, 0.5) is 0 Å². The zero-order valence-corrected chi connectivity index (χ0v) is 9.39. The molecule has 0 heterocycles. The van der Waals surface area contributed by atoms with Gasteiger partial charge >= 0.3 is 0 Å². The van der Waals surface area contributed by atoms with Crippen LogP contribution in [0.5, 0.6) is 0 Å². The second kappa shape index (κ2) is 5.10. The van der Waals surface area contributed by atoms with Gasteiger partial charge in [0.1, 0.15) is 0 Å². The normalized spacial score (nSPS) is 12.9. The molecule has 84 valence electrons. The van der Waals surface area contributed by atoms with Gasteiger partial charge in [-0.1, -0.05) is 42.5 Å². The molecule has 1 unspecified atom stereocenters. The van der Waals surface area contributed by atoms with Crippen LogP contribution >= 0.6 is 0 Å². The van der Waals surface area contributed by atoms with Crippen molar-refractivity contribution in [1.29, 1.82) is 0 Å². The summed E-state index contributed by atoms with van der Waals surface area (Å²) in [6.07, 6.45) is 0.598. The van der Waals surface area contributed by atoms with Gasteiger partial charge in [0.15, 0.2) is 0 Å². The molecule has 2 rings (SSSR count). The van der Waals surface area contributed by atoms with Gasteiger partial charge in [0, 0.05) is 20.1 Å². The minimum Gasteiger partial charge on any atom is -0.396 e. The summed E-state index contributed by atoms with van der Waals surface area (Å²) >= 11 is 0. The smallest absolute Gasteiger partial charge is 0.0849 e. The van der Waals surface area contributed by atoms with E-state index in [0.717, 1.165) is 5.56 Å². The van der Waals surface area contributed by atoms with Crippen LogP contribution in [0.25, 0.3) is 10.8 Å². The van der Waals surface area contributed by atoms with Crippen molar-refractivity contribution in [2.45, 2.75) is 12.5 Å². The summed E-state index contributed by atoms with van der Waals surface area (Å²) in [5.41, 5.74) is 1.15. The van der Waals surface area contributed by atoms with Gasteiger partial charge in [0.25, 0.3) is 0 Å². The van der Waals surface area contributed by atoms with Crippen LogP contribution in [0.2, 0.25) is 0 Å². The molecule has 2 nitrogen and oxygen atoms in total. The third-order valence-electron chi connectivity index (χ3n) is 2.85. The summed E-state index contributed by atoms with van der Waals surface area (Å²) in [5, 5.41) is 11.4. The summed E-state index contributed by atoms with van der Waals surface area (Å²) in [6, 6.07) is 14.4. The highest BCUT2D eigenvalue weighted by molar-refractivity contribution is 5.85. The molecule has 0 aliphatic heterocycles. The molecule has 0 aromatic heterocycles. The molecule has 0 bridgehead atoms. The van der Waals surface area contributed by atoms with E-state index >= 15 is 0 Å². The molecule has 16 heavy (non-hydrogen) atoms. The van der Waals surface area contributed by atoms with E-state index in [2.05, 4.69) is 24.3 Å². The Morgan fingerprint density at radius 1 is 1.12 bits per heavy atom. The van der Waals surface area contributed by atoms with E-state index in [-0.39, 0.29) is 12.7 Å². The van der Waals surface area contributed by atoms with Crippen LogP contribution in [0, 0.1) is 0 Å². The fourth-order valence-corrected chi connectivity index (χ4v) is 2.05. The number of benzene rings is 2. The van der Waals surface area contributed by atoms with Crippen molar-refractivity contribution in [3.63, 3.8) is 0 Å². The molecule has 0 spiro atoms. The Morgan fingerprint density at radius 2 is 1.88 bits per heavy atom. The first-order valence-electron chi connectivity index (χ1n) is 5.48. The average Bonchev–Trinajstić information content (AvgIpc) is 2.35. The van der Waals surface area contributed by atoms with Gasteiger partial charge in [-0.2, -0.15) is 0 Å². The van der Waals surface area contributed by atoms with Crippen molar-refractivity contribution >= 4 is 10.8 Å². The van der Waals surface area contributed by atoms with Crippen LogP contribution in [0.3, 0.4) is 0 Å². The predicted molar refractivity (Wildman–Crippen MR) is 65.4 cm³/mol. The number of ether oxygens (including phenoxy) is 1. The van der Waals surface area contributed by atoms with Crippen LogP contribution < -0.4 is 0 Å². The van der Waals surface area contributed by atoms with Gasteiger partial charge in [-0.15, -0.1) is 0 Å². The van der Waals surface area contributed by atoms with E-state index in [1.807, 2.05) is 18.2 Å². The van der Waals surface area contributed by atoms with E-state index in [1.165, 1.54) is 10.8 Å². The highest BCUT2D eigenvalue weighted by atomic mass is 16.5. The lowest BCUT2D eigenvalue weighted by molar-refractivity contribution is 0.0786. The van der Waals surface area contributed by atoms with Gasteiger partial charge in [0.05, 0.1) is 6.10 Å². The zero-order chi connectivity index (χ0) is 11.4. The fourth-order valence-electron chi connectivity index (χ4n) is 2.05. The Bertz CT molecular complexity index is 460. The third-order valence-corrected chi connectivity index (χ3v) is 2.85. The Kier molecular flexibility index (Phi) is 3.54. The number of rotatable bonds is 4. The minimum atomic E-state index is -0.0314. The summed E-state index contributed by atoms with van der Waals surface area (Å²) in [5.74, 6) is 0.